The Kier molecular flexibility index (Phi) is 5.05. The lowest BCUT2D eigenvalue weighted by Crippen LogP contribution is -2.44. The maximum Gasteiger partial charge on any atom is 0.306 e. The first-order valence-electron chi connectivity index (χ1n) is 7.60. The SMILES string of the molecule is C#CCN(C(=O)C1CCCC(C(=O)O)C1)C1CCCC1. The van der Waals surface area contributed by atoms with Gasteiger partial charge in [-0.1, -0.05) is 25.2 Å². The van der Waals surface area contributed by atoms with Crippen LogP contribution in [0.1, 0.15) is 51.4 Å². The van der Waals surface area contributed by atoms with Gasteiger partial charge >= 0.3 is 5.97 Å². The molecule has 0 aliphatic heterocycles. The summed E-state index contributed by atoms with van der Waals surface area (Å²) < 4.78 is 0. The highest BCUT2D eigenvalue weighted by molar-refractivity contribution is 5.81. The van der Waals surface area contributed by atoms with Crippen molar-refractivity contribution in [3.63, 3.8) is 0 Å². The molecule has 2 saturated carbocycles. The van der Waals surface area contributed by atoms with Crippen molar-refractivity contribution in [1.29, 1.82) is 0 Å². The van der Waals surface area contributed by atoms with E-state index in [2.05, 4.69) is 5.92 Å². The van der Waals surface area contributed by atoms with E-state index < -0.39 is 5.97 Å². The summed E-state index contributed by atoms with van der Waals surface area (Å²) in [5.74, 6) is 1.38. The van der Waals surface area contributed by atoms with Crippen LogP contribution >= 0.6 is 0 Å². The van der Waals surface area contributed by atoms with E-state index >= 15 is 0 Å². The average molecular weight is 277 g/mol. The van der Waals surface area contributed by atoms with Crippen LogP contribution in [0.3, 0.4) is 0 Å². The number of amides is 1. The topological polar surface area (TPSA) is 57.6 Å². The molecule has 0 spiro atoms. The van der Waals surface area contributed by atoms with E-state index in [1.807, 2.05) is 4.90 Å². The monoisotopic (exact) mass is 277 g/mol. The fourth-order valence-electron chi connectivity index (χ4n) is 3.57. The van der Waals surface area contributed by atoms with Crippen molar-refractivity contribution in [3.8, 4) is 12.3 Å². The molecule has 2 unspecified atom stereocenters. The van der Waals surface area contributed by atoms with Gasteiger partial charge in [-0.05, 0) is 32.1 Å². The van der Waals surface area contributed by atoms with E-state index in [-0.39, 0.29) is 23.8 Å². The van der Waals surface area contributed by atoms with Crippen molar-refractivity contribution >= 4 is 11.9 Å². The number of carboxylic acids is 1. The third kappa shape index (κ3) is 3.33. The minimum atomic E-state index is -0.771. The van der Waals surface area contributed by atoms with Crippen molar-refractivity contribution in [2.24, 2.45) is 11.8 Å². The Labute approximate surface area is 120 Å². The standard InChI is InChI=1S/C16H23NO3/c1-2-10-17(14-8-3-4-9-14)15(18)12-6-5-7-13(11-12)16(19)20/h1,12-14H,3-11H2,(H,19,20). The summed E-state index contributed by atoms with van der Waals surface area (Å²) in [4.78, 5) is 25.6. The average Bonchev–Trinajstić information content (AvgIpc) is 2.98. The van der Waals surface area contributed by atoms with E-state index in [4.69, 9.17) is 11.5 Å². The van der Waals surface area contributed by atoms with E-state index in [9.17, 15) is 9.59 Å². The molecule has 0 saturated heterocycles. The second-order valence-corrected chi connectivity index (χ2v) is 6.01. The molecule has 0 aromatic carbocycles. The smallest absolute Gasteiger partial charge is 0.306 e. The maximum atomic E-state index is 12.7. The van der Waals surface area contributed by atoms with Crippen molar-refractivity contribution in [2.45, 2.75) is 57.4 Å². The van der Waals surface area contributed by atoms with Crippen LogP contribution in [0, 0.1) is 24.2 Å². The number of hydrogen-bond acceptors (Lipinski definition) is 2. The zero-order valence-electron chi connectivity index (χ0n) is 11.9. The largest absolute Gasteiger partial charge is 0.481 e. The first kappa shape index (κ1) is 14.9. The van der Waals surface area contributed by atoms with Gasteiger partial charge in [0.15, 0.2) is 0 Å². The number of carbonyl (C=O) groups is 2. The fraction of sp³-hybridized carbons (Fsp3) is 0.750. The number of nitrogens with zero attached hydrogens (tertiary/aromatic N) is 1. The lowest BCUT2D eigenvalue weighted by Gasteiger charge is -2.33. The molecule has 20 heavy (non-hydrogen) atoms. The lowest BCUT2D eigenvalue weighted by molar-refractivity contribution is -0.145. The molecular formula is C16H23NO3. The number of carboxylic acid groups (broad SMARTS) is 1. The molecule has 2 fully saturated rings. The number of terminal acetylenes is 1. The number of carbonyl (C=O) groups excluding carboxylic acids is 1. The number of aliphatic carboxylic acids is 1. The van der Waals surface area contributed by atoms with E-state index in [1.165, 1.54) is 0 Å². The molecule has 0 aromatic heterocycles. The predicted molar refractivity (Wildman–Crippen MR) is 75.9 cm³/mol. The van der Waals surface area contributed by atoms with Gasteiger partial charge in [0.2, 0.25) is 5.91 Å². The summed E-state index contributed by atoms with van der Waals surface area (Å²) >= 11 is 0. The van der Waals surface area contributed by atoms with Crippen LogP contribution in [-0.2, 0) is 9.59 Å². The van der Waals surface area contributed by atoms with Crippen LogP contribution in [0.2, 0.25) is 0 Å². The normalized spacial score (nSPS) is 26.9. The molecule has 0 heterocycles. The molecule has 1 amide bonds. The molecule has 110 valence electrons. The summed E-state index contributed by atoms with van der Waals surface area (Å²) in [7, 11) is 0. The van der Waals surface area contributed by atoms with Gasteiger partial charge in [-0.15, -0.1) is 6.42 Å². The first-order valence-corrected chi connectivity index (χ1v) is 7.60. The Morgan fingerprint density at radius 3 is 2.35 bits per heavy atom. The van der Waals surface area contributed by atoms with Crippen molar-refractivity contribution in [2.75, 3.05) is 6.54 Å². The second kappa shape index (κ2) is 6.78. The Hall–Kier alpha value is -1.50. The quantitative estimate of drug-likeness (QED) is 0.802. The molecule has 0 radical (unpaired) electrons. The van der Waals surface area contributed by atoms with E-state index in [1.54, 1.807) is 0 Å². The van der Waals surface area contributed by atoms with Gasteiger partial charge < -0.3 is 10.0 Å². The van der Waals surface area contributed by atoms with Crippen LogP contribution in [-0.4, -0.2) is 34.5 Å². The zero-order valence-corrected chi connectivity index (χ0v) is 11.9. The molecule has 0 aromatic rings. The molecule has 2 aliphatic rings. The van der Waals surface area contributed by atoms with Crippen LogP contribution in [0.15, 0.2) is 0 Å². The third-order valence-electron chi connectivity index (χ3n) is 4.68. The van der Waals surface area contributed by atoms with Gasteiger partial charge in [0.25, 0.3) is 0 Å². The first-order chi connectivity index (χ1) is 9.63. The van der Waals surface area contributed by atoms with Crippen molar-refractivity contribution in [3.05, 3.63) is 0 Å². The third-order valence-corrected chi connectivity index (χ3v) is 4.68. The summed E-state index contributed by atoms with van der Waals surface area (Å²) in [5, 5.41) is 9.13. The molecule has 2 rings (SSSR count). The van der Waals surface area contributed by atoms with Gasteiger partial charge in [0.05, 0.1) is 12.5 Å². The Morgan fingerprint density at radius 2 is 1.75 bits per heavy atom. The summed E-state index contributed by atoms with van der Waals surface area (Å²) in [6.07, 6.45) is 12.6. The Morgan fingerprint density at radius 1 is 1.10 bits per heavy atom. The highest BCUT2D eigenvalue weighted by atomic mass is 16.4. The predicted octanol–water partition coefficient (Wildman–Crippen LogP) is 2.28. The molecule has 2 atom stereocenters. The van der Waals surface area contributed by atoms with Gasteiger partial charge in [-0.3, -0.25) is 9.59 Å². The van der Waals surface area contributed by atoms with Crippen LogP contribution in [0.5, 0.6) is 0 Å². The molecule has 1 N–H and O–H groups in total. The van der Waals surface area contributed by atoms with Crippen LogP contribution in [0.25, 0.3) is 0 Å². The number of rotatable bonds is 4. The van der Waals surface area contributed by atoms with E-state index in [0.717, 1.165) is 38.5 Å². The molecule has 4 heteroatoms. The minimum absolute atomic E-state index is 0.0841. The van der Waals surface area contributed by atoms with Crippen molar-refractivity contribution < 1.29 is 14.7 Å². The summed E-state index contributed by atoms with van der Waals surface area (Å²) in [5.41, 5.74) is 0. The Bertz CT molecular complexity index is 406. The van der Waals surface area contributed by atoms with Crippen LogP contribution < -0.4 is 0 Å². The fourth-order valence-corrected chi connectivity index (χ4v) is 3.57. The minimum Gasteiger partial charge on any atom is -0.481 e. The van der Waals surface area contributed by atoms with E-state index in [0.29, 0.717) is 19.4 Å². The van der Waals surface area contributed by atoms with Gasteiger partial charge in [0, 0.05) is 12.0 Å². The second-order valence-electron chi connectivity index (χ2n) is 6.01. The highest BCUT2D eigenvalue weighted by Crippen LogP contribution is 2.32. The molecule has 0 bridgehead atoms. The Balaban J connectivity index is 2.03. The molecule has 2 aliphatic carbocycles. The molecular weight excluding hydrogens is 254 g/mol. The molecule has 4 nitrogen and oxygen atoms in total. The maximum absolute atomic E-state index is 12.7. The van der Waals surface area contributed by atoms with Crippen molar-refractivity contribution in [1.82, 2.24) is 4.90 Å². The summed E-state index contributed by atoms with van der Waals surface area (Å²) in [6.45, 7) is 0.359. The van der Waals surface area contributed by atoms with Gasteiger partial charge in [-0.25, -0.2) is 0 Å². The summed E-state index contributed by atoms with van der Waals surface area (Å²) in [6, 6.07) is 0.267. The zero-order chi connectivity index (χ0) is 14.5. The number of hydrogen-bond donors (Lipinski definition) is 1. The van der Waals surface area contributed by atoms with Gasteiger partial charge in [0.1, 0.15) is 0 Å². The van der Waals surface area contributed by atoms with Gasteiger partial charge in [-0.2, -0.15) is 0 Å². The van der Waals surface area contributed by atoms with Crippen LogP contribution in [0.4, 0.5) is 0 Å². The lowest BCUT2D eigenvalue weighted by atomic mass is 9.80. The highest BCUT2D eigenvalue weighted by Gasteiger charge is 2.35.